The fourth-order valence-electron chi connectivity index (χ4n) is 11.4. The molecule has 3 aromatic heterocycles. The summed E-state index contributed by atoms with van der Waals surface area (Å²) in [6.45, 7) is 4.05. The van der Waals surface area contributed by atoms with Crippen LogP contribution in [0.15, 0.2) is 249 Å². The fraction of sp³-hybridized carbons (Fsp3) is 0.0290. The van der Waals surface area contributed by atoms with E-state index in [9.17, 15) is 0 Å². The molecule has 0 aliphatic heterocycles. The third-order valence-corrected chi connectivity index (χ3v) is 14.8. The number of hydrogen-bond acceptors (Lipinski definition) is 3. The molecule has 3 heterocycles. The van der Waals surface area contributed by atoms with E-state index in [1.54, 1.807) is 0 Å². The maximum Gasteiger partial charge on any atom is 0.238 e. The molecule has 5 heteroatoms. The number of rotatable bonds is 8. The molecule has 0 unspecified atom stereocenters. The van der Waals surface area contributed by atoms with Gasteiger partial charge in [-0.3, -0.25) is 4.57 Å². The van der Waals surface area contributed by atoms with E-state index in [4.69, 9.17) is 15.0 Å². The smallest absolute Gasteiger partial charge is 0.238 e. The number of nitrogens with zero attached hydrogens (tertiary/aromatic N) is 5. The third-order valence-electron chi connectivity index (χ3n) is 14.8. The molecule has 0 bridgehead atoms. The first kappa shape index (κ1) is 43.1. The van der Waals surface area contributed by atoms with Crippen LogP contribution >= 0.6 is 0 Å². The topological polar surface area (TPSA) is 48.5 Å². The van der Waals surface area contributed by atoms with Crippen molar-refractivity contribution in [2.24, 2.45) is 0 Å². The minimum Gasteiger partial charge on any atom is -0.307 e. The number of hydrogen-bond donors (Lipinski definition) is 0. The second kappa shape index (κ2) is 17.5. The summed E-state index contributed by atoms with van der Waals surface area (Å²) in [6, 6.07) is 83.5. The SMILES string of the molecule is C/C=C\C(=C/C)c1nc(-c2ccccc2)nc(-n2c3ccccc3c3ccc4c5ccccc5n(-c5cccc(-c6cccc(-c7cccc(-c8ccc9c%10ccccc%10c%10ccccc%10c9c8)c7)c6)c5)c4c32)n1. The number of allylic oxidation sites excluding steroid dienone is 4. The van der Waals surface area contributed by atoms with E-state index in [1.165, 1.54) is 54.4 Å². The van der Waals surface area contributed by atoms with Gasteiger partial charge in [-0.05, 0) is 122 Å². The van der Waals surface area contributed by atoms with Crippen LogP contribution in [-0.4, -0.2) is 24.1 Å². The maximum absolute atomic E-state index is 5.31. The second-order valence-corrected chi connectivity index (χ2v) is 19.0. The van der Waals surface area contributed by atoms with Gasteiger partial charge in [-0.2, -0.15) is 9.97 Å². The molecule has 0 amide bonds. The Morgan fingerprint density at radius 2 is 0.784 bits per heavy atom. The summed E-state index contributed by atoms with van der Waals surface area (Å²) in [5, 5.41) is 12.3. The average Bonchev–Trinajstić information content (AvgIpc) is 4.07. The highest BCUT2D eigenvalue weighted by molar-refractivity contribution is 6.26. The van der Waals surface area contributed by atoms with Crippen LogP contribution in [0.25, 0.3) is 138 Å². The lowest BCUT2D eigenvalue weighted by Crippen LogP contribution is -2.08. The van der Waals surface area contributed by atoms with E-state index in [0.717, 1.165) is 71.7 Å². The number of aromatic nitrogens is 5. The number of benzene rings is 11. The molecule has 0 saturated heterocycles. The van der Waals surface area contributed by atoms with Crippen molar-refractivity contribution < 1.29 is 0 Å². The van der Waals surface area contributed by atoms with Gasteiger partial charge < -0.3 is 4.57 Å². The van der Waals surface area contributed by atoms with Crippen LogP contribution in [0.5, 0.6) is 0 Å². The lowest BCUT2D eigenvalue weighted by Gasteiger charge is -2.14. The quantitative estimate of drug-likeness (QED) is 0.113. The summed E-state index contributed by atoms with van der Waals surface area (Å²) in [4.78, 5) is 15.7. The normalized spacial score (nSPS) is 12.2. The Kier molecular flexibility index (Phi) is 10.2. The van der Waals surface area contributed by atoms with E-state index in [1.807, 2.05) is 38.1 Å². The van der Waals surface area contributed by atoms with E-state index in [-0.39, 0.29) is 0 Å². The number of fused-ring (bicyclic) bond motifs is 13. The minimum absolute atomic E-state index is 0.561. The molecule has 348 valence electrons. The molecule has 14 rings (SSSR count). The molecule has 0 fully saturated rings. The van der Waals surface area contributed by atoms with Gasteiger partial charge in [-0.25, -0.2) is 4.98 Å². The van der Waals surface area contributed by atoms with Crippen molar-refractivity contribution in [3.05, 3.63) is 255 Å². The molecule has 0 aliphatic carbocycles. The van der Waals surface area contributed by atoms with Crippen molar-refractivity contribution >= 4 is 81.5 Å². The zero-order valence-corrected chi connectivity index (χ0v) is 40.9. The molecule has 11 aromatic carbocycles. The van der Waals surface area contributed by atoms with E-state index >= 15 is 0 Å². The first-order chi connectivity index (χ1) is 36.6. The van der Waals surface area contributed by atoms with Crippen LogP contribution in [-0.2, 0) is 0 Å². The van der Waals surface area contributed by atoms with Crippen LogP contribution in [0.3, 0.4) is 0 Å². The predicted octanol–water partition coefficient (Wildman–Crippen LogP) is 18.2. The largest absolute Gasteiger partial charge is 0.307 e. The van der Waals surface area contributed by atoms with Crippen molar-refractivity contribution in [2.75, 3.05) is 0 Å². The van der Waals surface area contributed by atoms with Gasteiger partial charge in [-0.15, -0.1) is 0 Å². The Balaban J connectivity index is 0.922. The first-order valence-corrected chi connectivity index (χ1v) is 25.3. The number of para-hydroxylation sites is 2. The van der Waals surface area contributed by atoms with E-state index in [0.29, 0.717) is 17.6 Å². The summed E-state index contributed by atoms with van der Waals surface area (Å²) in [5.74, 6) is 1.79. The Labute approximate surface area is 428 Å². The molecule has 74 heavy (non-hydrogen) atoms. The summed E-state index contributed by atoms with van der Waals surface area (Å²) < 4.78 is 4.69. The summed E-state index contributed by atoms with van der Waals surface area (Å²) in [6.07, 6.45) is 6.15. The molecular weight excluding hydrogens is 899 g/mol. The summed E-state index contributed by atoms with van der Waals surface area (Å²) >= 11 is 0. The molecular formula is C69H47N5. The lowest BCUT2D eigenvalue weighted by molar-refractivity contribution is 0.932. The summed E-state index contributed by atoms with van der Waals surface area (Å²) in [5.41, 5.74) is 14.2. The van der Waals surface area contributed by atoms with Gasteiger partial charge in [0.15, 0.2) is 11.6 Å². The van der Waals surface area contributed by atoms with Gasteiger partial charge in [0.05, 0.1) is 22.1 Å². The van der Waals surface area contributed by atoms with Crippen LogP contribution < -0.4 is 0 Å². The molecule has 0 spiro atoms. The van der Waals surface area contributed by atoms with Gasteiger partial charge in [0.25, 0.3) is 0 Å². The molecule has 0 atom stereocenters. The Hall–Kier alpha value is -9.71. The molecule has 0 saturated carbocycles. The molecule has 0 N–H and O–H groups in total. The van der Waals surface area contributed by atoms with Gasteiger partial charge in [0.1, 0.15) is 0 Å². The van der Waals surface area contributed by atoms with Gasteiger partial charge >= 0.3 is 0 Å². The van der Waals surface area contributed by atoms with E-state index in [2.05, 4.69) is 234 Å². The van der Waals surface area contributed by atoms with Crippen LogP contribution in [0.1, 0.15) is 19.7 Å². The zero-order chi connectivity index (χ0) is 49.3. The molecule has 5 nitrogen and oxygen atoms in total. The van der Waals surface area contributed by atoms with Crippen LogP contribution in [0, 0.1) is 0 Å². The van der Waals surface area contributed by atoms with Crippen molar-refractivity contribution in [1.82, 2.24) is 24.1 Å². The Morgan fingerprint density at radius 3 is 1.36 bits per heavy atom. The third kappa shape index (κ3) is 6.96. The van der Waals surface area contributed by atoms with Crippen LogP contribution in [0.4, 0.5) is 0 Å². The van der Waals surface area contributed by atoms with Crippen LogP contribution in [0.2, 0.25) is 0 Å². The zero-order valence-electron chi connectivity index (χ0n) is 40.9. The highest BCUT2D eigenvalue weighted by Gasteiger charge is 2.24. The Bertz CT molecular complexity index is 4590. The second-order valence-electron chi connectivity index (χ2n) is 19.0. The first-order valence-electron chi connectivity index (χ1n) is 25.3. The average molecular weight is 946 g/mol. The van der Waals surface area contributed by atoms with Gasteiger partial charge in [0.2, 0.25) is 5.95 Å². The maximum atomic E-state index is 5.31. The minimum atomic E-state index is 0.561. The van der Waals surface area contributed by atoms with Crippen molar-refractivity contribution in [3.63, 3.8) is 0 Å². The molecule has 0 aliphatic rings. The van der Waals surface area contributed by atoms with Crippen molar-refractivity contribution in [3.8, 4) is 56.4 Å². The highest BCUT2D eigenvalue weighted by Crippen LogP contribution is 2.43. The predicted molar refractivity (Wildman–Crippen MR) is 311 cm³/mol. The van der Waals surface area contributed by atoms with Crippen molar-refractivity contribution in [1.29, 1.82) is 0 Å². The van der Waals surface area contributed by atoms with Gasteiger partial charge in [-0.1, -0.05) is 206 Å². The summed E-state index contributed by atoms with van der Waals surface area (Å²) in [7, 11) is 0. The fourth-order valence-corrected chi connectivity index (χ4v) is 11.4. The lowest BCUT2D eigenvalue weighted by atomic mass is 9.91. The van der Waals surface area contributed by atoms with Crippen molar-refractivity contribution in [2.45, 2.75) is 13.8 Å². The van der Waals surface area contributed by atoms with E-state index < -0.39 is 0 Å². The molecule has 14 aromatic rings. The standard InChI is InChI=1S/C69H47N5/c1-3-19-44(4-2)67-70-68(45-20-6-5-7-21-45)72-69(71-67)74-64-35-15-13-33-59(64)61-39-38-60-58-32-12-14-34-63(58)73(65(60)66(61)74)52-27-18-26-50(42-52)48-24-16-22-46(40-48)47-23-17-25-49(41-47)51-36-37-57-55-30-9-8-28-53(55)54-29-10-11-31-56(54)62(57)43-51/h3-43H,1-2H3/b19-3-,44-4+. The molecule has 0 radical (unpaired) electrons. The Morgan fingerprint density at radius 1 is 0.338 bits per heavy atom. The highest BCUT2D eigenvalue weighted by atomic mass is 15.2. The monoisotopic (exact) mass is 945 g/mol. The van der Waals surface area contributed by atoms with Gasteiger partial charge in [0, 0.05) is 38.4 Å².